The molecule has 0 aliphatic heterocycles. The Kier molecular flexibility index (Phi) is 25.1. The topological polar surface area (TPSA) is 368 Å². The fourth-order valence-corrected chi connectivity index (χ4v) is 10.9. The van der Waals surface area contributed by atoms with Crippen LogP contribution in [0.1, 0.15) is 98.0 Å². The van der Waals surface area contributed by atoms with Crippen molar-refractivity contribution in [3.05, 3.63) is 240 Å². The normalized spacial score (nSPS) is 10.6. The number of nitrogens with one attached hydrogen (secondary N) is 1. The maximum Gasteiger partial charge on any atom is 0.306 e. The van der Waals surface area contributed by atoms with Crippen molar-refractivity contribution in [3.63, 3.8) is 0 Å². The van der Waals surface area contributed by atoms with E-state index >= 15 is 0 Å². The summed E-state index contributed by atoms with van der Waals surface area (Å²) in [7, 11) is 0. The number of benzene rings is 6. The lowest BCUT2D eigenvalue weighted by Gasteiger charge is -2.17. The number of carbonyl (C=O) groups excluding carboxylic acids is 7. The van der Waals surface area contributed by atoms with Crippen molar-refractivity contribution in [3.8, 4) is 62.2 Å². The lowest BCUT2D eigenvalue weighted by molar-refractivity contribution is -0.144. The summed E-state index contributed by atoms with van der Waals surface area (Å²) in [5.74, 6) is -2.73. The Hall–Kier alpha value is -12.8. The SMILES string of the molecule is CCOC(=O)CCc1ccc(-c2ccc(-n3cnnc3)cc2)n1-c1ccc(C(N)=O)cc1C.CCOC(=O)CCc1ccc(-c2ccc(N)cc2)n1-c1ccc(C(N)=O)cc1C.Cc1cc(C(N)=O)ccc1-n1c(CCC(=O)O)ccc1-c1ccc(-n2cnnc2)cc1.O=CCNC=O. The van der Waals surface area contributed by atoms with Gasteiger partial charge < -0.3 is 61.3 Å². The van der Waals surface area contributed by atoms with Crippen LogP contribution in [-0.2, 0) is 52.7 Å². The van der Waals surface area contributed by atoms with E-state index in [0.717, 1.165) is 96.0 Å². The Bertz CT molecular complexity index is 4600. The summed E-state index contributed by atoms with van der Waals surface area (Å²) in [6.45, 7) is 10.2. The lowest BCUT2D eigenvalue weighted by Crippen LogP contribution is -2.12. The second-order valence-electron chi connectivity index (χ2n) is 22.4. The Morgan fingerprint density at radius 3 is 1.05 bits per heavy atom. The number of carboxylic acids is 1. The summed E-state index contributed by atoms with van der Waals surface area (Å²) in [6.07, 6.45) is 9.68. The molecule has 0 atom stereocenters. The van der Waals surface area contributed by atoms with E-state index in [9.17, 15) is 38.4 Å². The quantitative estimate of drug-likeness (QED) is 0.0134. The Morgan fingerprint density at radius 1 is 0.455 bits per heavy atom. The third-order valence-corrected chi connectivity index (χ3v) is 15.7. The summed E-state index contributed by atoms with van der Waals surface area (Å²) in [5, 5.41) is 26.7. The minimum atomic E-state index is -0.853. The average molecular weight is 1340 g/mol. The number of rotatable bonds is 25. The van der Waals surface area contributed by atoms with Crippen molar-refractivity contribution in [1.82, 2.24) is 48.5 Å². The number of anilines is 1. The Balaban J connectivity index is 0.000000182. The standard InChI is InChI=1S/C25H25N5O3.C23H21N5O3.C23H25N3O3.C3H5NO2/c1-3-33-24(31)13-10-21-9-12-23(18-4-7-20(8-5-18)29-15-27-28-16-29)30(21)22-11-6-19(25(26)32)14-17(22)2;1-15-12-17(23(24)31)4-9-20(15)28-19(8-11-22(29)30)7-10-21(28)16-2-5-18(6-3-16)27-13-25-26-14-27;1-3-29-22(27)13-10-19-9-12-21(16-4-7-18(24)8-5-16)26(19)20-11-6-17(23(25)28)14-15(20)2;5-2-1-4-3-6/h4-9,11-12,14-16H,3,10,13H2,1-2H3,(H2,26,32);2-7,9-10,12-14H,8,11H2,1H3,(H2,24,31)(H,29,30);4-9,11-12,14H,3,10,13,24H2,1-2H3,(H2,25,28);2-3H,1H2,(H,4,6). The molecule has 11 aromatic rings. The van der Waals surface area contributed by atoms with Crippen molar-refractivity contribution in [2.45, 2.75) is 73.1 Å². The van der Waals surface area contributed by atoms with Crippen LogP contribution in [-0.4, -0.2) is 116 Å². The molecule has 0 bridgehead atoms. The van der Waals surface area contributed by atoms with Gasteiger partial charge in [0.15, 0.2) is 0 Å². The highest BCUT2D eigenvalue weighted by atomic mass is 16.5. The number of amides is 4. The number of hydrogen-bond donors (Lipinski definition) is 6. The minimum Gasteiger partial charge on any atom is -0.481 e. The molecule has 0 saturated carbocycles. The van der Waals surface area contributed by atoms with Gasteiger partial charge in [0.2, 0.25) is 24.1 Å². The lowest BCUT2D eigenvalue weighted by atomic mass is 10.1. The highest BCUT2D eigenvalue weighted by Gasteiger charge is 2.21. The largest absolute Gasteiger partial charge is 0.481 e. The molecule has 99 heavy (non-hydrogen) atoms. The Labute approximate surface area is 570 Å². The second-order valence-corrected chi connectivity index (χ2v) is 22.4. The monoisotopic (exact) mass is 1340 g/mol. The predicted octanol–water partition coefficient (Wildman–Crippen LogP) is 9.34. The van der Waals surface area contributed by atoms with Gasteiger partial charge in [0.1, 0.15) is 31.6 Å². The van der Waals surface area contributed by atoms with Crippen molar-refractivity contribution in [1.29, 1.82) is 0 Å². The molecular formula is C74H76N14O11. The number of nitrogen functional groups attached to an aromatic ring is 1. The van der Waals surface area contributed by atoms with Crippen LogP contribution in [0.3, 0.4) is 0 Å². The zero-order valence-electron chi connectivity index (χ0n) is 55.3. The fourth-order valence-electron chi connectivity index (χ4n) is 10.9. The summed E-state index contributed by atoms with van der Waals surface area (Å²) in [5.41, 5.74) is 40.1. The van der Waals surface area contributed by atoms with Gasteiger partial charge in [0.25, 0.3) is 0 Å². The number of primary amides is 3. The van der Waals surface area contributed by atoms with Gasteiger partial charge in [-0.15, -0.1) is 20.4 Å². The van der Waals surface area contributed by atoms with Crippen LogP contribution in [0.25, 0.3) is 62.2 Å². The van der Waals surface area contributed by atoms with E-state index < -0.39 is 23.7 Å². The van der Waals surface area contributed by atoms with Crippen LogP contribution in [0.4, 0.5) is 5.69 Å². The third-order valence-electron chi connectivity index (χ3n) is 15.7. The maximum atomic E-state index is 12.0. The zero-order valence-corrected chi connectivity index (χ0v) is 55.3. The average Bonchev–Trinajstić information content (AvgIpc) is 1.67. The molecule has 25 heteroatoms. The number of nitrogens with zero attached hydrogens (tertiary/aromatic N) is 9. The predicted molar refractivity (Wildman–Crippen MR) is 374 cm³/mol. The van der Waals surface area contributed by atoms with Crippen molar-refractivity contribution in [2.24, 2.45) is 17.2 Å². The number of carboxylic acid groups (broad SMARTS) is 1. The molecule has 11 rings (SSSR count). The number of aromatic nitrogens is 9. The summed E-state index contributed by atoms with van der Waals surface area (Å²) in [4.78, 5) is 88.4. The number of nitrogens with two attached hydrogens (primary N) is 4. The van der Waals surface area contributed by atoms with Crippen LogP contribution < -0.4 is 28.3 Å². The van der Waals surface area contributed by atoms with Gasteiger partial charge >= 0.3 is 17.9 Å². The molecule has 6 aromatic carbocycles. The highest BCUT2D eigenvalue weighted by molar-refractivity contribution is 5.94. The van der Waals surface area contributed by atoms with Crippen LogP contribution in [0.5, 0.6) is 0 Å². The molecule has 0 unspecified atom stereocenters. The first-order valence-corrected chi connectivity index (χ1v) is 31.5. The summed E-state index contributed by atoms with van der Waals surface area (Å²) >= 11 is 0. The first-order chi connectivity index (χ1) is 47.7. The smallest absolute Gasteiger partial charge is 0.306 e. The van der Waals surface area contributed by atoms with Gasteiger partial charge in [-0.25, -0.2) is 0 Å². The van der Waals surface area contributed by atoms with E-state index in [4.69, 9.17) is 37.5 Å². The molecule has 10 N–H and O–H groups in total. The molecule has 0 fully saturated rings. The Morgan fingerprint density at radius 2 is 0.778 bits per heavy atom. The van der Waals surface area contributed by atoms with Crippen LogP contribution in [0.15, 0.2) is 189 Å². The zero-order chi connectivity index (χ0) is 71.1. The van der Waals surface area contributed by atoms with Crippen LogP contribution in [0.2, 0.25) is 0 Å². The van der Waals surface area contributed by atoms with Gasteiger partial charge in [-0.2, -0.15) is 0 Å². The van der Waals surface area contributed by atoms with E-state index in [0.29, 0.717) is 67.6 Å². The van der Waals surface area contributed by atoms with E-state index in [1.807, 2.05) is 162 Å². The van der Waals surface area contributed by atoms with E-state index in [2.05, 4.69) is 34.8 Å². The highest BCUT2D eigenvalue weighted by Crippen LogP contribution is 2.34. The second kappa shape index (κ2) is 34.6. The van der Waals surface area contributed by atoms with E-state index in [-0.39, 0.29) is 37.7 Å². The fraction of sp³-hybridized carbons (Fsp3) is 0.189. The van der Waals surface area contributed by atoms with Gasteiger partial charge in [-0.05, 0) is 215 Å². The molecule has 0 aliphatic rings. The van der Waals surface area contributed by atoms with Crippen LogP contribution in [0, 0.1) is 20.8 Å². The summed E-state index contributed by atoms with van der Waals surface area (Å²) < 4.78 is 20.1. The van der Waals surface area contributed by atoms with E-state index in [1.165, 1.54) is 0 Å². The minimum absolute atomic E-state index is 0.0223. The number of aldehydes is 1. The molecule has 0 radical (unpaired) electrons. The number of carbonyl (C=O) groups is 8. The molecule has 0 aliphatic carbocycles. The molecule has 0 saturated heterocycles. The molecule has 508 valence electrons. The summed E-state index contributed by atoms with van der Waals surface area (Å²) in [6, 6.07) is 51.7. The van der Waals surface area contributed by atoms with Crippen molar-refractivity contribution in [2.75, 3.05) is 25.5 Å². The van der Waals surface area contributed by atoms with Crippen LogP contribution >= 0.6 is 0 Å². The van der Waals surface area contributed by atoms with Crippen molar-refractivity contribution < 1.29 is 52.9 Å². The van der Waals surface area contributed by atoms with Gasteiger partial charge in [-0.3, -0.25) is 42.7 Å². The first kappa shape index (κ1) is 72.0. The molecule has 0 spiro atoms. The molecule has 5 heterocycles. The number of ether oxygens (including phenoxy) is 2. The maximum absolute atomic E-state index is 12.0. The number of hydrogen-bond acceptors (Lipinski definition) is 15. The van der Waals surface area contributed by atoms with Gasteiger partial charge in [0.05, 0.1) is 56.1 Å². The molecule has 25 nitrogen and oxygen atoms in total. The number of aliphatic carboxylic acids is 1. The molecule has 4 amide bonds. The van der Waals surface area contributed by atoms with Gasteiger partial charge in [0, 0.05) is 67.9 Å². The first-order valence-electron chi connectivity index (χ1n) is 31.5. The van der Waals surface area contributed by atoms with E-state index in [1.54, 1.807) is 75.6 Å². The van der Waals surface area contributed by atoms with Gasteiger partial charge in [-0.1, -0.05) is 36.4 Å². The number of esters is 2. The molecular weight excluding hydrogens is 1260 g/mol. The number of aryl methyl sites for hydroxylation is 6. The van der Waals surface area contributed by atoms with Crippen molar-refractivity contribution >= 4 is 54.0 Å². The molecule has 5 aromatic heterocycles. The third kappa shape index (κ3) is 18.8.